The van der Waals surface area contributed by atoms with Crippen molar-refractivity contribution in [2.24, 2.45) is 0 Å². The molecule has 10 heteroatoms. The van der Waals surface area contributed by atoms with Gasteiger partial charge in [-0.2, -0.15) is 13.2 Å². The summed E-state index contributed by atoms with van der Waals surface area (Å²) in [7, 11) is 0. The number of halogens is 4. The summed E-state index contributed by atoms with van der Waals surface area (Å²) in [6.45, 7) is 0. The summed E-state index contributed by atoms with van der Waals surface area (Å²) in [5, 5.41) is 3.77. The van der Waals surface area contributed by atoms with Crippen LogP contribution in [0.15, 0.2) is 30.5 Å². The molecule has 2 amide bonds. The molecule has 0 aliphatic carbocycles. The van der Waals surface area contributed by atoms with Crippen molar-refractivity contribution in [1.82, 2.24) is 4.98 Å². The van der Waals surface area contributed by atoms with E-state index >= 15 is 0 Å². The Morgan fingerprint density at radius 3 is 2.61 bits per heavy atom. The lowest BCUT2D eigenvalue weighted by Gasteiger charge is -2.04. The van der Waals surface area contributed by atoms with Crippen molar-refractivity contribution in [1.29, 1.82) is 0 Å². The maximum atomic E-state index is 13.0. The van der Waals surface area contributed by atoms with Crippen molar-refractivity contribution in [2.45, 2.75) is 12.6 Å². The minimum Gasteiger partial charge on any atom is -0.326 e. The van der Waals surface area contributed by atoms with Crippen LogP contribution in [0.25, 0.3) is 0 Å². The van der Waals surface area contributed by atoms with E-state index in [1.165, 1.54) is 24.4 Å². The Bertz CT molecular complexity index is 730. The Morgan fingerprint density at radius 2 is 1.96 bits per heavy atom. The van der Waals surface area contributed by atoms with Crippen molar-refractivity contribution < 1.29 is 27.2 Å². The van der Waals surface area contributed by atoms with Gasteiger partial charge in [0, 0.05) is 16.8 Å². The number of nitrogens with zero attached hydrogens (tertiary/aromatic N) is 1. The highest BCUT2D eigenvalue weighted by molar-refractivity contribution is 7.15. The van der Waals surface area contributed by atoms with Crippen LogP contribution in [-0.4, -0.2) is 23.0 Å². The molecule has 2 N–H and O–H groups in total. The van der Waals surface area contributed by atoms with Gasteiger partial charge >= 0.3 is 12.1 Å². The molecule has 0 fully saturated rings. The molecule has 0 unspecified atom stereocenters. The average molecular weight is 347 g/mol. The second kappa shape index (κ2) is 6.73. The average Bonchev–Trinajstić information content (AvgIpc) is 2.84. The third kappa shape index (κ3) is 5.02. The first-order valence-electron chi connectivity index (χ1n) is 6.12. The number of hydrogen-bond donors (Lipinski definition) is 2. The van der Waals surface area contributed by atoms with Crippen LogP contribution in [-0.2, 0) is 16.0 Å². The largest absolute Gasteiger partial charge is 0.471 e. The number of aromatic nitrogens is 1. The van der Waals surface area contributed by atoms with Crippen LogP contribution in [0.1, 0.15) is 4.88 Å². The number of amides is 2. The van der Waals surface area contributed by atoms with Gasteiger partial charge in [0.2, 0.25) is 5.91 Å². The van der Waals surface area contributed by atoms with Crippen LogP contribution in [0.5, 0.6) is 0 Å². The molecule has 0 aliphatic rings. The van der Waals surface area contributed by atoms with Gasteiger partial charge in [-0.05, 0) is 18.2 Å². The van der Waals surface area contributed by atoms with E-state index in [1.54, 1.807) is 5.32 Å². The lowest BCUT2D eigenvalue weighted by molar-refractivity contribution is -0.167. The molecule has 0 atom stereocenters. The Morgan fingerprint density at radius 1 is 1.22 bits per heavy atom. The van der Waals surface area contributed by atoms with E-state index in [0.717, 1.165) is 17.4 Å². The van der Waals surface area contributed by atoms with Crippen molar-refractivity contribution in [2.75, 3.05) is 10.6 Å². The third-order valence-corrected chi connectivity index (χ3v) is 3.39. The molecule has 5 nitrogen and oxygen atoms in total. The second-order valence-electron chi connectivity index (χ2n) is 4.32. The van der Waals surface area contributed by atoms with Crippen LogP contribution in [0, 0.1) is 5.82 Å². The predicted octanol–water partition coefficient (Wildman–Crippen LogP) is 2.96. The van der Waals surface area contributed by atoms with Gasteiger partial charge in [0.05, 0.1) is 6.42 Å². The van der Waals surface area contributed by atoms with Gasteiger partial charge in [0.15, 0.2) is 5.13 Å². The van der Waals surface area contributed by atoms with Gasteiger partial charge in [-0.15, -0.1) is 11.3 Å². The van der Waals surface area contributed by atoms with Crippen LogP contribution < -0.4 is 10.6 Å². The maximum Gasteiger partial charge on any atom is 0.471 e. The molecule has 0 aliphatic heterocycles. The molecule has 0 bridgehead atoms. The zero-order valence-corrected chi connectivity index (χ0v) is 12.1. The second-order valence-corrected chi connectivity index (χ2v) is 5.43. The first kappa shape index (κ1) is 16.9. The third-order valence-electron chi connectivity index (χ3n) is 2.47. The Labute approximate surface area is 131 Å². The van der Waals surface area contributed by atoms with Crippen LogP contribution in [0.4, 0.5) is 28.4 Å². The van der Waals surface area contributed by atoms with E-state index in [9.17, 15) is 27.2 Å². The molecular formula is C13H9F4N3O2S. The monoisotopic (exact) mass is 347 g/mol. The number of benzene rings is 1. The Hall–Kier alpha value is -2.49. The molecule has 2 rings (SSSR count). The zero-order valence-electron chi connectivity index (χ0n) is 11.3. The van der Waals surface area contributed by atoms with E-state index in [1.807, 2.05) is 0 Å². The maximum absolute atomic E-state index is 13.0. The van der Waals surface area contributed by atoms with Crippen LogP contribution in [0.3, 0.4) is 0 Å². The summed E-state index contributed by atoms with van der Waals surface area (Å²) in [6.07, 6.45) is -4.00. The number of thiazole rings is 1. The number of alkyl halides is 3. The van der Waals surface area contributed by atoms with Crippen LogP contribution >= 0.6 is 11.3 Å². The Balaban J connectivity index is 1.93. The molecule has 1 aromatic heterocycles. The summed E-state index contributed by atoms with van der Waals surface area (Å²) in [4.78, 5) is 26.5. The number of carbonyl (C=O) groups is 2. The predicted molar refractivity (Wildman–Crippen MR) is 75.5 cm³/mol. The first-order valence-corrected chi connectivity index (χ1v) is 6.94. The molecule has 0 radical (unpaired) electrons. The van der Waals surface area contributed by atoms with E-state index in [4.69, 9.17) is 0 Å². The summed E-state index contributed by atoms with van der Waals surface area (Å²) in [5.41, 5.74) is 0.255. The SMILES string of the molecule is O=C(Cc1cnc(NC(=O)C(F)(F)F)s1)Nc1cccc(F)c1. The number of hydrogen-bond acceptors (Lipinski definition) is 4. The lowest BCUT2D eigenvalue weighted by atomic mass is 10.3. The molecular weight excluding hydrogens is 338 g/mol. The van der Waals surface area contributed by atoms with Gasteiger partial charge < -0.3 is 5.32 Å². The fourth-order valence-electron chi connectivity index (χ4n) is 1.54. The highest BCUT2D eigenvalue weighted by atomic mass is 32.1. The highest BCUT2D eigenvalue weighted by Crippen LogP contribution is 2.22. The van der Waals surface area contributed by atoms with E-state index in [0.29, 0.717) is 4.88 Å². The van der Waals surface area contributed by atoms with Crippen LogP contribution in [0.2, 0.25) is 0 Å². The molecule has 0 spiro atoms. The number of nitrogens with one attached hydrogen (secondary N) is 2. The van der Waals surface area contributed by atoms with E-state index in [-0.39, 0.29) is 17.2 Å². The minimum absolute atomic E-state index is 0.171. The topological polar surface area (TPSA) is 71.1 Å². The van der Waals surface area contributed by atoms with E-state index in [2.05, 4.69) is 10.3 Å². The Kier molecular flexibility index (Phi) is 4.94. The number of rotatable bonds is 4. The molecule has 23 heavy (non-hydrogen) atoms. The summed E-state index contributed by atoms with van der Waals surface area (Å²) in [6, 6.07) is 5.25. The van der Waals surface area contributed by atoms with Crippen molar-refractivity contribution >= 4 is 34.0 Å². The quantitative estimate of drug-likeness (QED) is 0.836. The minimum atomic E-state index is -5.01. The summed E-state index contributed by atoms with van der Waals surface area (Å²) in [5.74, 6) is -3.15. The van der Waals surface area contributed by atoms with Gasteiger partial charge in [-0.3, -0.25) is 14.9 Å². The van der Waals surface area contributed by atoms with Crippen molar-refractivity contribution in [3.63, 3.8) is 0 Å². The van der Waals surface area contributed by atoms with Gasteiger partial charge in [-0.25, -0.2) is 9.37 Å². The first-order chi connectivity index (χ1) is 10.7. The highest BCUT2D eigenvalue weighted by Gasteiger charge is 2.39. The standard InChI is InChI=1S/C13H9F4N3O2S/c14-7-2-1-3-8(4-7)19-10(21)5-9-6-18-12(23-9)20-11(22)13(15,16)17/h1-4,6H,5H2,(H,19,21)(H,18,20,22). The molecule has 0 saturated carbocycles. The molecule has 1 aromatic carbocycles. The molecule has 1 heterocycles. The fourth-order valence-corrected chi connectivity index (χ4v) is 2.35. The van der Waals surface area contributed by atoms with Gasteiger partial charge in [0.1, 0.15) is 5.82 Å². The summed E-state index contributed by atoms with van der Waals surface area (Å²) >= 11 is 0.741. The lowest BCUT2D eigenvalue weighted by Crippen LogP contribution is -2.29. The van der Waals surface area contributed by atoms with Crippen molar-refractivity contribution in [3.05, 3.63) is 41.2 Å². The number of carbonyl (C=O) groups excluding carboxylic acids is 2. The zero-order chi connectivity index (χ0) is 17.0. The van der Waals surface area contributed by atoms with Crippen molar-refractivity contribution in [3.8, 4) is 0 Å². The normalized spacial score (nSPS) is 11.1. The molecule has 2 aromatic rings. The molecule has 122 valence electrons. The van der Waals surface area contributed by atoms with Gasteiger partial charge in [-0.1, -0.05) is 6.07 Å². The fraction of sp³-hybridized carbons (Fsp3) is 0.154. The number of anilines is 2. The van der Waals surface area contributed by atoms with Gasteiger partial charge in [0.25, 0.3) is 0 Å². The molecule has 0 saturated heterocycles. The van der Waals surface area contributed by atoms with E-state index < -0.39 is 23.8 Å². The smallest absolute Gasteiger partial charge is 0.326 e. The summed E-state index contributed by atoms with van der Waals surface area (Å²) < 4.78 is 49.3.